The summed E-state index contributed by atoms with van der Waals surface area (Å²) in [5.74, 6) is 0.997. The van der Waals surface area contributed by atoms with Crippen LogP contribution in [-0.2, 0) is 4.79 Å². The molecule has 3 aromatic carbocycles. The number of amides is 1. The number of nitrogens with one attached hydrogen (secondary N) is 1. The van der Waals surface area contributed by atoms with Crippen LogP contribution in [0.15, 0.2) is 60.7 Å². The number of methoxy groups -OCH3 is 2. The number of aromatic nitrogens is 1. The van der Waals surface area contributed by atoms with Gasteiger partial charge in [0.1, 0.15) is 5.75 Å². The van der Waals surface area contributed by atoms with Gasteiger partial charge in [0.15, 0.2) is 22.4 Å². The number of carbonyl (C=O) groups is 2. The van der Waals surface area contributed by atoms with Crippen molar-refractivity contribution in [3.8, 4) is 23.3 Å². The highest BCUT2D eigenvalue weighted by Crippen LogP contribution is 2.36. The van der Waals surface area contributed by atoms with Crippen LogP contribution in [0.2, 0.25) is 0 Å². The molecule has 0 fully saturated rings. The Bertz CT molecular complexity index is 1400. The summed E-state index contributed by atoms with van der Waals surface area (Å²) < 4.78 is 17.5. The zero-order valence-corrected chi connectivity index (χ0v) is 22.7. The minimum atomic E-state index is -1.03. The number of fused-ring (bicyclic) bond motifs is 1. The van der Waals surface area contributed by atoms with E-state index < -0.39 is 12.0 Å². The fraction of sp³-hybridized carbons (Fsp3) is 0.241. The van der Waals surface area contributed by atoms with Gasteiger partial charge in [-0.15, -0.1) is 0 Å². The number of thiazole rings is 1. The molecule has 1 atom stereocenters. The third-order valence-electron chi connectivity index (χ3n) is 5.22. The van der Waals surface area contributed by atoms with Gasteiger partial charge in [0.25, 0.3) is 5.91 Å². The van der Waals surface area contributed by atoms with Crippen LogP contribution in [-0.4, -0.2) is 30.9 Å². The van der Waals surface area contributed by atoms with Gasteiger partial charge in [-0.1, -0.05) is 55.9 Å². The van der Waals surface area contributed by atoms with Crippen LogP contribution < -0.4 is 19.5 Å². The molecule has 0 bridgehead atoms. The second-order valence-corrected chi connectivity index (χ2v) is 9.23. The number of rotatable bonds is 8. The number of hydrogen-bond acceptors (Lipinski definition) is 8. The van der Waals surface area contributed by atoms with Gasteiger partial charge < -0.3 is 14.2 Å². The molecule has 38 heavy (non-hydrogen) atoms. The predicted molar refractivity (Wildman–Crippen MR) is 148 cm³/mol. The van der Waals surface area contributed by atoms with Crippen molar-refractivity contribution in [1.29, 1.82) is 5.26 Å². The van der Waals surface area contributed by atoms with Crippen molar-refractivity contribution < 1.29 is 23.8 Å². The molecule has 9 heteroatoms. The summed E-state index contributed by atoms with van der Waals surface area (Å²) in [5, 5.41) is 12.2. The third-order valence-corrected chi connectivity index (χ3v) is 6.15. The van der Waals surface area contributed by atoms with E-state index in [2.05, 4.69) is 24.1 Å². The van der Waals surface area contributed by atoms with E-state index in [0.29, 0.717) is 44.6 Å². The first-order valence-electron chi connectivity index (χ1n) is 11.9. The molecular formula is C29H29N3O5S. The topological polar surface area (TPSA) is 111 Å². The largest absolute Gasteiger partial charge is 0.493 e. The van der Waals surface area contributed by atoms with Crippen LogP contribution in [0.4, 0.5) is 5.13 Å². The number of hydrogen-bond donors (Lipinski definition) is 1. The molecule has 1 aromatic heterocycles. The highest BCUT2D eigenvalue weighted by molar-refractivity contribution is 7.22. The van der Waals surface area contributed by atoms with Crippen LogP contribution >= 0.6 is 11.3 Å². The van der Waals surface area contributed by atoms with E-state index in [1.807, 2.05) is 6.07 Å². The molecule has 1 unspecified atom stereocenters. The Morgan fingerprint density at radius 1 is 1.00 bits per heavy atom. The van der Waals surface area contributed by atoms with E-state index in [4.69, 9.17) is 19.5 Å². The molecular weight excluding hydrogens is 502 g/mol. The lowest BCUT2D eigenvalue weighted by molar-refractivity contribution is -0.123. The summed E-state index contributed by atoms with van der Waals surface area (Å²) in [7, 11) is 3.09. The first-order chi connectivity index (χ1) is 18.3. The van der Waals surface area contributed by atoms with Crippen molar-refractivity contribution in [2.75, 3.05) is 19.5 Å². The Morgan fingerprint density at radius 2 is 1.61 bits per heavy atom. The normalized spacial score (nSPS) is 10.9. The van der Waals surface area contributed by atoms with Crippen molar-refractivity contribution in [2.45, 2.75) is 33.3 Å². The Kier molecular flexibility index (Phi) is 9.79. The van der Waals surface area contributed by atoms with Gasteiger partial charge >= 0.3 is 0 Å². The van der Waals surface area contributed by atoms with Gasteiger partial charge in [0.05, 0.1) is 36.1 Å². The van der Waals surface area contributed by atoms with Gasteiger partial charge in [0, 0.05) is 23.3 Å². The molecule has 0 saturated carbocycles. The molecule has 0 saturated heterocycles. The fourth-order valence-corrected chi connectivity index (χ4v) is 4.27. The molecule has 0 spiro atoms. The molecule has 0 aliphatic heterocycles. The van der Waals surface area contributed by atoms with Gasteiger partial charge in [-0.05, 0) is 31.2 Å². The number of benzene rings is 3. The Morgan fingerprint density at radius 3 is 2.16 bits per heavy atom. The molecule has 1 amide bonds. The summed E-state index contributed by atoms with van der Waals surface area (Å²) >= 11 is 1.29. The van der Waals surface area contributed by atoms with Crippen LogP contribution in [0.1, 0.15) is 54.8 Å². The minimum absolute atomic E-state index is 0.0779. The highest BCUT2D eigenvalue weighted by atomic mass is 32.1. The molecule has 4 aromatic rings. The number of ketones is 1. The molecule has 0 aliphatic carbocycles. The first kappa shape index (κ1) is 28.2. The third kappa shape index (κ3) is 6.87. The molecule has 196 valence electrons. The SMILES string of the molecule is CCC.COc1cc2nc(NC(=O)C(Oc3ccc(C#N)cc3)c3ccc(C(C)=O)cc3)sc2cc1OC. The molecule has 8 nitrogen and oxygen atoms in total. The van der Waals surface area contributed by atoms with E-state index in [1.54, 1.807) is 74.9 Å². The maximum atomic E-state index is 13.3. The molecule has 1 heterocycles. The monoisotopic (exact) mass is 531 g/mol. The van der Waals surface area contributed by atoms with E-state index in [1.165, 1.54) is 24.7 Å². The average molecular weight is 532 g/mol. The maximum absolute atomic E-state index is 13.3. The van der Waals surface area contributed by atoms with Crippen LogP contribution in [0.25, 0.3) is 10.2 Å². The van der Waals surface area contributed by atoms with Crippen LogP contribution in [0.3, 0.4) is 0 Å². The highest BCUT2D eigenvalue weighted by Gasteiger charge is 2.25. The second kappa shape index (κ2) is 13.2. The van der Waals surface area contributed by atoms with Crippen molar-refractivity contribution in [3.63, 3.8) is 0 Å². The molecule has 4 rings (SSSR count). The smallest absolute Gasteiger partial charge is 0.271 e. The summed E-state index contributed by atoms with van der Waals surface area (Å²) in [4.78, 5) is 29.5. The lowest BCUT2D eigenvalue weighted by Gasteiger charge is -2.19. The summed E-state index contributed by atoms with van der Waals surface area (Å²) in [5.41, 5.74) is 2.21. The standard InChI is InChI=1S/C26H21N3O5S.C3H8/c1-15(30)17-6-8-18(9-7-17)24(34-19-10-4-16(14-27)5-11-19)25(31)29-26-28-20-12-21(32-2)22(33-3)13-23(20)35-26;1-3-2/h4-13,24H,1-3H3,(H,28,29,31);3H2,1-2H3. The van der Waals surface area contributed by atoms with E-state index in [0.717, 1.165) is 4.70 Å². The zero-order chi connectivity index (χ0) is 27.7. The lowest BCUT2D eigenvalue weighted by Crippen LogP contribution is -2.25. The molecule has 0 aliphatic rings. The quantitative estimate of drug-likeness (QED) is 0.256. The number of carbonyl (C=O) groups excluding carboxylic acids is 2. The van der Waals surface area contributed by atoms with Gasteiger partial charge in [-0.2, -0.15) is 5.26 Å². The lowest BCUT2D eigenvalue weighted by atomic mass is 10.0. The van der Waals surface area contributed by atoms with Gasteiger partial charge in [-0.3, -0.25) is 14.9 Å². The fourth-order valence-electron chi connectivity index (χ4n) is 3.39. The maximum Gasteiger partial charge on any atom is 0.271 e. The van der Waals surface area contributed by atoms with E-state index in [-0.39, 0.29) is 5.78 Å². The molecule has 1 N–H and O–H groups in total. The number of nitrogens with zero attached hydrogens (tertiary/aromatic N) is 2. The Balaban J connectivity index is 0.00000127. The summed E-state index contributed by atoms with van der Waals surface area (Å²) in [6.45, 7) is 5.73. The number of ether oxygens (including phenoxy) is 3. The number of nitriles is 1. The van der Waals surface area contributed by atoms with Gasteiger partial charge in [0.2, 0.25) is 6.10 Å². The van der Waals surface area contributed by atoms with Crippen molar-refractivity contribution in [2.24, 2.45) is 0 Å². The van der Waals surface area contributed by atoms with Gasteiger partial charge in [-0.25, -0.2) is 4.98 Å². The zero-order valence-electron chi connectivity index (χ0n) is 21.9. The number of Topliss-reactive ketones (excluding diaryl/α,β-unsaturated/α-hetero) is 1. The molecule has 0 radical (unpaired) electrons. The van der Waals surface area contributed by atoms with E-state index in [9.17, 15) is 9.59 Å². The minimum Gasteiger partial charge on any atom is -0.493 e. The van der Waals surface area contributed by atoms with Crippen molar-refractivity contribution in [1.82, 2.24) is 4.98 Å². The first-order valence-corrected chi connectivity index (χ1v) is 12.8. The summed E-state index contributed by atoms with van der Waals surface area (Å²) in [6.07, 6.45) is 0.222. The van der Waals surface area contributed by atoms with Crippen LogP contribution in [0.5, 0.6) is 17.2 Å². The van der Waals surface area contributed by atoms with Crippen molar-refractivity contribution in [3.05, 3.63) is 77.4 Å². The average Bonchev–Trinajstić information content (AvgIpc) is 3.32. The summed E-state index contributed by atoms with van der Waals surface area (Å²) in [6, 6.07) is 18.7. The van der Waals surface area contributed by atoms with Crippen LogP contribution in [0, 0.1) is 11.3 Å². The second-order valence-electron chi connectivity index (χ2n) is 8.20. The van der Waals surface area contributed by atoms with E-state index >= 15 is 0 Å². The Labute approximate surface area is 225 Å². The number of anilines is 1. The van der Waals surface area contributed by atoms with Crippen molar-refractivity contribution >= 4 is 38.4 Å². The Hall–Kier alpha value is -4.42. The predicted octanol–water partition coefficient (Wildman–Crippen LogP) is 6.56.